The SMILES string of the molecule is O=C(N=c1sccn1Cc1ccccc1F)c1cccnc1F. The molecule has 7 heteroatoms. The van der Waals surface area contributed by atoms with Crippen molar-refractivity contribution in [3.63, 3.8) is 0 Å². The lowest BCUT2D eigenvalue weighted by Gasteiger charge is -2.04. The number of hydrogen-bond donors (Lipinski definition) is 0. The van der Waals surface area contributed by atoms with Crippen molar-refractivity contribution in [1.29, 1.82) is 0 Å². The maximum absolute atomic E-state index is 13.7. The number of aromatic nitrogens is 2. The van der Waals surface area contributed by atoms with Crippen LogP contribution in [0, 0.1) is 11.8 Å². The van der Waals surface area contributed by atoms with E-state index in [9.17, 15) is 13.6 Å². The van der Waals surface area contributed by atoms with E-state index in [1.807, 2.05) is 0 Å². The Morgan fingerprint density at radius 3 is 2.83 bits per heavy atom. The Bertz CT molecular complexity index is 917. The first-order valence-corrected chi connectivity index (χ1v) is 7.60. The molecule has 23 heavy (non-hydrogen) atoms. The zero-order chi connectivity index (χ0) is 16.2. The highest BCUT2D eigenvalue weighted by molar-refractivity contribution is 7.07. The van der Waals surface area contributed by atoms with Gasteiger partial charge in [0.05, 0.1) is 12.1 Å². The summed E-state index contributed by atoms with van der Waals surface area (Å²) in [6.07, 6.45) is 2.96. The van der Waals surface area contributed by atoms with Crippen molar-refractivity contribution in [2.75, 3.05) is 0 Å². The van der Waals surface area contributed by atoms with Crippen molar-refractivity contribution < 1.29 is 13.6 Å². The zero-order valence-electron chi connectivity index (χ0n) is 11.8. The number of nitrogens with zero attached hydrogens (tertiary/aromatic N) is 3. The number of amides is 1. The Hall–Kier alpha value is -2.67. The van der Waals surface area contributed by atoms with E-state index in [0.29, 0.717) is 10.4 Å². The van der Waals surface area contributed by atoms with Gasteiger partial charge in [0.1, 0.15) is 5.82 Å². The number of thiazole rings is 1. The van der Waals surface area contributed by atoms with Crippen molar-refractivity contribution in [2.24, 2.45) is 4.99 Å². The van der Waals surface area contributed by atoms with Crippen molar-refractivity contribution in [2.45, 2.75) is 6.54 Å². The quantitative estimate of drug-likeness (QED) is 0.693. The average Bonchev–Trinajstić information content (AvgIpc) is 2.97. The van der Waals surface area contributed by atoms with Crippen LogP contribution in [0.4, 0.5) is 8.78 Å². The minimum atomic E-state index is -0.863. The molecule has 1 amide bonds. The van der Waals surface area contributed by atoms with Crippen LogP contribution in [0.1, 0.15) is 15.9 Å². The normalized spacial score (nSPS) is 11.7. The molecule has 0 saturated carbocycles. The van der Waals surface area contributed by atoms with Crippen LogP contribution in [0.3, 0.4) is 0 Å². The Kier molecular flexibility index (Phi) is 4.38. The van der Waals surface area contributed by atoms with Crippen LogP contribution >= 0.6 is 11.3 Å². The van der Waals surface area contributed by atoms with E-state index >= 15 is 0 Å². The topological polar surface area (TPSA) is 47.2 Å². The van der Waals surface area contributed by atoms with Crippen molar-refractivity contribution in [3.8, 4) is 0 Å². The maximum atomic E-state index is 13.7. The van der Waals surface area contributed by atoms with Crippen LogP contribution in [-0.2, 0) is 6.54 Å². The fraction of sp³-hybridized carbons (Fsp3) is 0.0625. The number of benzene rings is 1. The largest absolute Gasteiger partial charge is 0.319 e. The summed E-state index contributed by atoms with van der Waals surface area (Å²) < 4.78 is 28.9. The van der Waals surface area contributed by atoms with Crippen molar-refractivity contribution in [1.82, 2.24) is 9.55 Å². The van der Waals surface area contributed by atoms with Crippen LogP contribution in [0.15, 0.2) is 59.2 Å². The standard InChI is InChI=1S/C16H11F2N3OS/c17-13-6-2-1-4-11(13)10-21-8-9-23-16(21)20-15(22)12-5-3-7-19-14(12)18/h1-9H,10H2. The Balaban J connectivity index is 1.93. The molecule has 0 atom stereocenters. The summed E-state index contributed by atoms with van der Waals surface area (Å²) in [6.45, 7) is 0.234. The Morgan fingerprint density at radius 2 is 2.04 bits per heavy atom. The Labute approximate surface area is 134 Å². The molecule has 0 unspecified atom stereocenters. The van der Waals surface area contributed by atoms with Gasteiger partial charge in [0, 0.05) is 23.3 Å². The highest BCUT2D eigenvalue weighted by Crippen LogP contribution is 2.09. The summed E-state index contributed by atoms with van der Waals surface area (Å²) in [5, 5.41) is 1.73. The van der Waals surface area contributed by atoms with E-state index in [4.69, 9.17) is 0 Å². The second kappa shape index (κ2) is 6.62. The van der Waals surface area contributed by atoms with Gasteiger partial charge in [0.2, 0.25) is 5.95 Å². The van der Waals surface area contributed by atoms with E-state index < -0.39 is 11.9 Å². The van der Waals surface area contributed by atoms with Gasteiger partial charge in [-0.2, -0.15) is 9.38 Å². The predicted octanol–water partition coefficient (Wildman–Crippen LogP) is 3.01. The molecule has 0 spiro atoms. The smallest absolute Gasteiger partial charge is 0.284 e. The molecule has 0 N–H and O–H groups in total. The van der Waals surface area contributed by atoms with Crippen molar-refractivity contribution >= 4 is 17.2 Å². The van der Waals surface area contributed by atoms with Crippen LogP contribution in [0.2, 0.25) is 0 Å². The summed E-state index contributed by atoms with van der Waals surface area (Å²) in [4.78, 5) is 19.8. The van der Waals surface area contributed by atoms with Gasteiger partial charge in [-0.3, -0.25) is 4.79 Å². The molecule has 0 fully saturated rings. The molecule has 0 aliphatic heterocycles. The molecule has 0 bridgehead atoms. The van der Waals surface area contributed by atoms with E-state index in [2.05, 4.69) is 9.98 Å². The molecule has 116 valence electrons. The molecular weight excluding hydrogens is 320 g/mol. The van der Waals surface area contributed by atoms with Gasteiger partial charge in [-0.15, -0.1) is 11.3 Å². The Morgan fingerprint density at radius 1 is 1.22 bits per heavy atom. The number of rotatable bonds is 3. The number of halogens is 2. The molecule has 3 aromatic rings. The first-order valence-electron chi connectivity index (χ1n) is 6.72. The van der Waals surface area contributed by atoms with E-state index in [1.165, 1.54) is 35.7 Å². The van der Waals surface area contributed by atoms with E-state index in [-0.39, 0.29) is 17.9 Å². The minimum absolute atomic E-state index is 0.196. The van der Waals surface area contributed by atoms with E-state index in [0.717, 1.165) is 0 Å². The van der Waals surface area contributed by atoms with Crippen LogP contribution in [-0.4, -0.2) is 15.5 Å². The highest BCUT2D eigenvalue weighted by atomic mass is 32.1. The summed E-state index contributed by atoms with van der Waals surface area (Å²) in [5.74, 6) is -1.92. The summed E-state index contributed by atoms with van der Waals surface area (Å²) in [6, 6.07) is 9.16. The fourth-order valence-electron chi connectivity index (χ4n) is 2.01. The number of pyridine rings is 1. The first-order chi connectivity index (χ1) is 11.1. The van der Waals surface area contributed by atoms with Gasteiger partial charge in [-0.05, 0) is 18.2 Å². The van der Waals surface area contributed by atoms with Gasteiger partial charge < -0.3 is 4.57 Å². The monoisotopic (exact) mass is 331 g/mol. The third-order valence-electron chi connectivity index (χ3n) is 3.15. The second-order valence-corrected chi connectivity index (χ2v) is 5.54. The fourth-order valence-corrected chi connectivity index (χ4v) is 2.74. The summed E-state index contributed by atoms with van der Waals surface area (Å²) >= 11 is 1.21. The predicted molar refractivity (Wildman–Crippen MR) is 81.9 cm³/mol. The first kappa shape index (κ1) is 15.2. The molecule has 0 aliphatic rings. The second-order valence-electron chi connectivity index (χ2n) is 4.66. The average molecular weight is 331 g/mol. The van der Waals surface area contributed by atoms with Crippen LogP contribution < -0.4 is 4.80 Å². The molecular formula is C16H11F2N3OS. The molecule has 4 nitrogen and oxygen atoms in total. The van der Waals surface area contributed by atoms with Gasteiger partial charge >= 0.3 is 0 Å². The lowest BCUT2D eigenvalue weighted by Crippen LogP contribution is -2.18. The lowest BCUT2D eigenvalue weighted by atomic mass is 10.2. The highest BCUT2D eigenvalue weighted by Gasteiger charge is 2.11. The molecule has 0 saturated heterocycles. The molecule has 0 radical (unpaired) electrons. The number of carbonyl (C=O) groups is 1. The van der Waals surface area contributed by atoms with Gasteiger partial charge in [-0.1, -0.05) is 18.2 Å². The van der Waals surface area contributed by atoms with Gasteiger partial charge in [0.25, 0.3) is 5.91 Å². The molecule has 2 aromatic heterocycles. The molecule has 2 heterocycles. The number of carbonyl (C=O) groups excluding carboxylic acids is 1. The third kappa shape index (κ3) is 3.40. The third-order valence-corrected chi connectivity index (χ3v) is 3.94. The van der Waals surface area contributed by atoms with Gasteiger partial charge in [0.15, 0.2) is 4.80 Å². The van der Waals surface area contributed by atoms with Crippen LogP contribution in [0.5, 0.6) is 0 Å². The molecule has 0 aliphatic carbocycles. The summed E-state index contributed by atoms with van der Waals surface area (Å²) in [5.41, 5.74) is 0.283. The van der Waals surface area contributed by atoms with Crippen LogP contribution in [0.25, 0.3) is 0 Å². The van der Waals surface area contributed by atoms with Gasteiger partial charge in [-0.25, -0.2) is 9.37 Å². The zero-order valence-corrected chi connectivity index (χ0v) is 12.6. The number of hydrogen-bond acceptors (Lipinski definition) is 3. The molecule has 3 rings (SSSR count). The maximum Gasteiger partial charge on any atom is 0.284 e. The van der Waals surface area contributed by atoms with E-state index in [1.54, 1.807) is 34.3 Å². The summed E-state index contributed by atoms with van der Waals surface area (Å²) in [7, 11) is 0. The lowest BCUT2D eigenvalue weighted by molar-refractivity contribution is 0.0993. The van der Waals surface area contributed by atoms with Crippen molar-refractivity contribution in [3.05, 3.63) is 81.9 Å². The minimum Gasteiger partial charge on any atom is -0.319 e. The molecule has 1 aromatic carbocycles.